The SMILES string of the molecule is OC(COCCC(F)(F)C(F)(F)C(F)(F)C(F)(F)C(F)(F)C(F)(F)C(F)(F)C(F)(F)C(F)(F)C(F)(F)C(F)(F)C(F)F)COCC1CO1. The molecule has 1 saturated heterocycles. The third-order valence-corrected chi connectivity index (χ3v) is 6.19. The fourth-order valence-corrected chi connectivity index (χ4v) is 3.08. The predicted molar refractivity (Wildman–Crippen MR) is 102 cm³/mol. The first kappa shape index (κ1) is 44.2. The average molecular weight is 776 g/mol. The number of hydrogen-bond acceptors (Lipinski definition) is 4. The van der Waals surface area contributed by atoms with Crippen LogP contribution in [0.1, 0.15) is 6.42 Å². The standard InChI is InChI=1S/C20H16F24O4/c21-9(22)11(25,26)13(29,30)15(33,34)17(37,38)19(41,42)20(43,44)18(39,40)16(35,36)14(31,32)12(27,28)10(23,24)1-2-46-3-7(45)4-47-5-8-6-48-8/h7-9,45H,1-6H2. The highest BCUT2D eigenvalue weighted by Gasteiger charge is 2.98. The first-order valence-corrected chi connectivity index (χ1v) is 11.8. The van der Waals surface area contributed by atoms with Gasteiger partial charge in [-0.15, -0.1) is 0 Å². The second kappa shape index (κ2) is 13.0. The quantitative estimate of drug-likeness (QED) is 0.0796. The summed E-state index contributed by atoms with van der Waals surface area (Å²) in [4.78, 5) is 0. The molecule has 2 unspecified atom stereocenters. The third-order valence-electron chi connectivity index (χ3n) is 6.19. The van der Waals surface area contributed by atoms with E-state index in [0.29, 0.717) is 0 Å². The molecule has 2 atom stereocenters. The lowest BCUT2D eigenvalue weighted by molar-refractivity contribution is -0.476. The molecule has 1 aliphatic rings. The smallest absolute Gasteiger partial charge is 0.385 e. The highest BCUT2D eigenvalue weighted by Crippen LogP contribution is 2.67. The molecule has 48 heavy (non-hydrogen) atoms. The average Bonchev–Trinajstić information content (AvgIpc) is 3.74. The second-order valence-corrected chi connectivity index (χ2v) is 9.77. The molecule has 0 bridgehead atoms. The van der Waals surface area contributed by atoms with Crippen molar-refractivity contribution in [1.82, 2.24) is 0 Å². The molecular weight excluding hydrogens is 760 g/mol. The molecule has 0 aromatic rings. The summed E-state index contributed by atoms with van der Waals surface area (Å²) in [5, 5.41) is 9.38. The topological polar surface area (TPSA) is 51.2 Å². The van der Waals surface area contributed by atoms with Crippen molar-refractivity contribution in [3.63, 3.8) is 0 Å². The van der Waals surface area contributed by atoms with Gasteiger partial charge in [0.1, 0.15) is 12.2 Å². The summed E-state index contributed by atoms with van der Waals surface area (Å²) in [5.41, 5.74) is 0. The molecule has 4 nitrogen and oxygen atoms in total. The van der Waals surface area contributed by atoms with Crippen molar-refractivity contribution in [2.24, 2.45) is 0 Å². The Kier molecular flexibility index (Phi) is 12.0. The van der Waals surface area contributed by atoms with Gasteiger partial charge >= 0.3 is 71.6 Å². The van der Waals surface area contributed by atoms with E-state index in [1.54, 1.807) is 0 Å². The lowest BCUT2D eigenvalue weighted by Crippen LogP contribution is -2.78. The largest absolute Gasteiger partial charge is 0.388 e. The van der Waals surface area contributed by atoms with E-state index in [1.165, 1.54) is 0 Å². The number of aliphatic hydroxyl groups is 1. The maximum atomic E-state index is 13.9. The molecule has 1 fully saturated rings. The number of epoxide rings is 1. The van der Waals surface area contributed by atoms with Gasteiger partial charge in [-0.2, -0.15) is 96.6 Å². The lowest BCUT2D eigenvalue weighted by atomic mass is 9.84. The fraction of sp³-hybridized carbons (Fsp3) is 1.00. The highest BCUT2D eigenvalue weighted by atomic mass is 19.4. The van der Waals surface area contributed by atoms with Crippen LogP contribution in [-0.4, -0.2) is 122 Å². The Morgan fingerprint density at radius 3 is 1.17 bits per heavy atom. The number of halogens is 24. The Hall–Kier alpha value is -1.84. The number of hydrogen-bond donors (Lipinski definition) is 1. The van der Waals surface area contributed by atoms with Gasteiger partial charge in [-0.05, 0) is 0 Å². The van der Waals surface area contributed by atoms with E-state index in [1.807, 2.05) is 0 Å². The van der Waals surface area contributed by atoms with E-state index in [-0.39, 0.29) is 13.2 Å². The summed E-state index contributed by atoms with van der Waals surface area (Å²) in [5.74, 6) is -96.6. The summed E-state index contributed by atoms with van der Waals surface area (Å²) in [6.07, 6.45) is -11.5. The number of ether oxygens (including phenoxy) is 3. The van der Waals surface area contributed by atoms with Gasteiger partial charge in [-0.1, -0.05) is 0 Å². The van der Waals surface area contributed by atoms with Crippen molar-refractivity contribution in [2.45, 2.75) is 90.2 Å². The van der Waals surface area contributed by atoms with Gasteiger partial charge in [-0.3, -0.25) is 0 Å². The van der Waals surface area contributed by atoms with Crippen LogP contribution in [0.4, 0.5) is 105 Å². The van der Waals surface area contributed by atoms with E-state index in [2.05, 4.69) is 9.47 Å². The zero-order valence-electron chi connectivity index (χ0n) is 22.2. The van der Waals surface area contributed by atoms with Gasteiger partial charge in [0.05, 0.1) is 33.0 Å². The molecule has 0 spiro atoms. The molecule has 0 aliphatic carbocycles. The van der Waals surface area contributed by atoms with Gasteiger partial charge < -0.3 is 19.3 Å². The van der Waals surface area contributed by atoms with Crippen LogP contribution in [-0.2, 0) is 14.2 Å². The molecule has 1 heterocycles. The zero-order chi connectivity index (χ0) is 38.6. The number of rotatable bonds is 20. The summed E-state index contributed by atoms with van der Waals surface area (Å²) >= 11 is 0. The van der Waals surface area contributed by atoms with Crippen molar-refractivity contribution in [2.75, 3.05) is 33.0 Å². The fourth-order valence-electron chi connectivity index (χ4n) is 3.08. The molecule has 288 valence electrons. The monoisotopic (exact) mass is 776 g/mol. The minimum absolute atomic E-state index is 0.151. The number of alkyl halides is 24. The Labute approximate surface area is 249 Å². The van der Waals surface area contributed by atoms with Crippen LogP contribution < -0.4 is 0 Å². The molecular formula is C20H16F24O4. The van der Waals surface area contributed by atoms with Gasteiger partial charge in [-0.25, -0.2) is 8.78 Å². The van der Waals surface area contributed by atoms with E-state index in [9.17, 15) is 110 Å². The summed E-state index contributed by atoms with van der Waals surface area (Å²) in [7, 11) is 0. The van der Waals surface area contributed by atoms with Crippen LogP contribution in [0.25, 0.3) is 0 Å². The molecule has 0 aromatic carbocycles. The molecule has 28 heteroatoms. The van der Waals surface area contributed by atoms with Crippen molar-refractivity contribution >= 4 is 0 Å². The third kappa shape index (κ3) is 6.66. The molecule has 1 aliphatic heterocycles. The number of aliphatic hydroxyl groups excluding tert-OH is 1. The summed E-state index contributed by atoms with van der Waals surface area (Å²) in [6, 6.07) is 0. The van der Waals surface area contributed by atoms with Crippen LogP contribution in [0, 0.1) is 0 Å². The summed E-state index contributed by atoms with van der Waals surface area (Å²) < 4.78 is 338. The van der Waals surface area contributed by atoms with Crippen LogP contribution >= 0.6 is 0 Å². The van der Waals surface area contributed by atoms with Gasteiger partial charge in [0.25, 0.3) is 0 Å². The van der Waals surface area contributed by atoms with Gasteiger partial charge in [0.2, 0.25) is 0 Å². The molecule has 1 N–H and O–H groups in total. The molecule has 0 aromatic heterocycles. The van der Waals surface area contributed by atoms with E-state index < -0.39 is 110 Å². The Balaban J connectivity index is 3.41. The maximum absolute atomic E-state index is 13.9. The summed E-state index contributed by atoms with van der Waals surface area (Å²) in [6.45, 7) is -3.82. The molecule has 1 rings (SSSR count). The molecule has 0 radical (unpaired) electrons. The lowest BCUT2D eigenvalue weighted by Gasteiger charge is -2.45. The van der Waals surface area contributed by atoms with Gasteiger partial charge in [0.15, 0.2) is 0 Å². The normalized spacial score (nSPS) is 19.2. The first-order valence-electron chi connectivity index (χ1n) is 11.8. The second-order valence-electron chi connectivity index (χ2n) is 9.77. The minimum Gasteiger partial charge on any atom is -0.388 e. The molecule has 0 amide bonds. The minimum atomic E-state index is -9.51. The van der Waals surface area contributed by atoms with Crippen LogP contribution in [0.15, 0.2) is 0 Å². The van der Waals surface area contributed by atoms with E-state index in [4.69, 9.17) is 4.74 Å². The zero-order valence-corrected chi connectivity index (χ0v) is 22.2. The van der Waals surface area contributed by atoms with Gasteiger partial charge in [0, 0.05) is 6.42 Å². The van der Waals surface area contributed by atoms with Crippen LogP contribution in [0.5, 0.6) is 0 Å². The van der Waals surface area contributed by atoms with Crippen molar-refractivity contribution < 1.29 is 125 Å². The Morgan fingerprint density at radius 1 is 0.521 bits per heavy atom. The maximum Gasteiger partial charge on any atom is 0.385 e. The molecule has 0 saturated carbocycles. The van der Waals surface area contributed by atoms with Crippen molar-refractivity contribution in [1.29, 1.82) is 0 Å². The van der Waals surface area contributed by atoms with E-state index >= 15 is 0 Å². The van der Waals surface area contributed by atoms with Crippen LogP contribution in [0.3, 0.4) is 0 Å². The van der Waals surface area contributed by atoms with Crippen LogP contribution in [0.2, 0.25) is 0 Å². The Bertz CT molecular complexity index is 1090. The van der Waals surface area contributed by atoms with E-state index in [0.717, 1.165) is 0 Å². The van der Waals surface area contributed by atoms with Crippen molar-refractivity contribution in [3.05, 3.63) is 0 Å². The Morgan fingerprint density at radius 2 is 0.833 bits per heavy atom. The predicted octanol–water partition coefficient (Wildman–Crippen LogP) is 7.42. The first-order chi connectivity index (χ1) is 20.9. The highest BCUT2D eigenvalue weighted by molar-refractivity contribution is 5.19. The van der Waals surface area contributed by atoms with Crippen molar-refractivity contribution in [3.8, 4) is 0 Å².